The predicted octanol–water partition coefficient (Wildman–Crippen LogP) is 7.94. The lowest BCUT2D eigenvalue weighted by Gasteiger charge is -2.41. The average molecular weight is 405 g/mol. The number of ether oxygens (including phenoxy) is 1. The highest BCUT2D eigenvalue weighted by molar-refractivity contribution is 5.72. The monoisotopic (exact) mass is 404 g/mol. The number of esters is 1. The van der Waals surface area contributed by atoms with Crippen LogP contribution in [0.1, 0.15) is 124 Å². The van der Waals surface area contributed by atoms with Crippen LogP contribution in [0.25, 0.3) is 0 Å². The van der Waals surface area contributed by atoms with Gasteiger partial charge in [-0.15, -0.1) is 0 Å². The van der Waals surface area contributed by atoms with Gasteiger partial charge in [0.05, 0.1) is 5.92 Å². The number of rotatable bonds is 8. The van der Waals surface area contributed by atoms with E-state index in [4.69, 9.17) is 4.74 Å². The zero-order valence-electron chi connectivity index (χ0n) is 19.7. The van der Waals surface area contributed by atoms with Crippen LogP contribution in [-0.4, -0.2) is 12.1 Å². The molecule has 2 nitrogen and oxygen atoms in total. The van der Waals surface area contributed by atoms with Crippen LogP contribution < -0.4 is 0 Å². The van der Waals surface area contributed by atoms with Gasteiger partial charge in [-0.2, -0.15) is 0 Å². The van der Waals surface area contributed by atoms with E-state index in [1.807, 2.05) is 0 Å². The first-order valence-electron chi connectivity index (χ1n) is 13.3. The van der Waals surface area contributed by atoms with E-state index in [0.717, 1.165) is 55.3 Å². The van der Waals surface area contributed by atoms with Crippen molar-refractivity contribution in [1.82, 2.24) is 0 Å². The lowest BCUT2D eigenvalue weighted by atomic mass is 9.64. The summed E-state index contributed by atoms with van der Waals surface area (Å²) in [6, 6.07) is 0. The number of carbonyl (C=O) groups is 1. The molecule has 0 N–H and O–H groups in total. The Morgan fingerprint density at radius 1 is 0.828 bits per heavy atom. The van der Waals surface area contributed by atoms with Crippen molar-refractivity contribution in [3.05, 3.63) is 0 Å². The summed E-state index contributed by atoms with van der Waals surface area (Å²) in [6.45, 7) is 7.11. The molecule has 0 saturated heterocycles. The molecule has 0 spiro atoms. The lowest BCUT2D eigenvalue weighted by Crippen LogP contribution is -2.34. The van der Waals surface area contributed by atoms with Crippen molar-refractivity contribution < 1.29 is 9.53 Å². The van der Waals surface area contributed by atoms with Gasteiger partial charge in [0.2, 0.25) is 0 Å². The maximum absolute atomic E-state index is 12.7. The van der Waals surface area contributed by atoms with Crippen LogP contribution in [-0.2, 0) is 9.53 Å². The van der Waals surface area contributed by atoms with Crippen LogP contribution in [0.3, 0.4) is 0 Å². The summed E-state index contributed by atoms with van der Waals surface area (Å²) in [5.74, 6) is 4.85. The van der Waals surface area contributed by atoms with E-state index in [-0.39, 0.29) is 18.0 Å². The molecule has 0 bridgehead atoms. The van der Waals surface area contributed by atoms with Crippen LogP contribution in [0.5, 0.6) is 0 Å². The first kappa shape index (κ1) is 23.1. The van der Waals surface area contributed by atoms with Crippen LogP contribution in [0.4, 0.5) is 0 Å². The molecule has 3 fully saturated rings. The van der Waals surface area contributed by atoms with Crippen LogP contribution in [0, 0.1) is 35.5 Å². The van der Waals surface area contributed by atoms with Crippen molar-refractivity contribution in [2.75, 3.05) is 0 Å². The van der Waals surface area contributed by atoms with Gasteiger partial charge in [0.25, 0.3) is 0 Å². The summed E-state index contributed by atoms with van der Waals surface area (Å²) in [5, 5.41) is 0. The van der Waals surface area contributed by atoms with Gasteiger partial charge in [-0.05, 0) is 93.8 Å². The Hall–Kier alpha value is -0.530. The van der Waals surface area contributed by atoms with E-state index < -0.39 is 0 Å². The van der Waals surface area contributed by atoms with Crippen molar-refractivity contribution in [1.29, 1.82) is 0 Å². The fourth-order valence-electron chi connectivity index (χ4n) is 6.88. The molecular formula is C27H48O2. The van der Waals surface area contributed by atoms with E-state index >= 15 is 0 Å². The molecule has 29 heavy (non-hydrogen) atoms. The van der Waals surface area contributed by atoms with Gasteiger partial charge in [-0.1, -0.05) is 59.3 Å². The maximum atomic E-state index is 12.7. The molecule has 0 aliphatic heterocycles. The third-order valence-corrected chi connectivity index (χ3v) is 8.92. The molecular weight excluding hydrogens is 356 g/mol. The van der Waals surface area contributed by atoms with E-state index in [9.17, 15) is 4.79 Å². The Kier molecular flexibility index (Phi) is 9.38. The Bertz CT molecular complexity index is 471. The van der Waals surface area contributed by atoms with Crippen molar-refractivity contribution in [3.8, 4) is 0 Å². The van der Waals surface area contributed by atoms with E-state index in [1.54, 1.807) is 0 Å². The molecule has 0 aromatic carbocycles. The second-order valence-corrected chi connectivity index (χ2v) is 10.9. The molecule has 3 aliphatic carbocycles. The van der Waals surface area contributed by atoms with Crippen molar-refractivity contribution in [2.24, 2.45) is 35.5 Å². The number of hydrogen-bond donors (Lipinski definition) is 0. The number of carbonyl (C=O) groups excluding carboxylic acids is 1. The minimum atomic E-state index is 0.135. The molecule has 3 aliphatic rings. The summed E-state index contributed by atoms with van der Waals surface area (Å²) in [4.78, 5) is 12.7. The van der Waals surface area contributed by atoms with Crippen LogP contribution in [0.15, 0.2) is 0 Å². The molecule has 0 amide bonds. The fourth-order valence-corrected chi connectivity index (χ4v) is 6.88. The molecule has 0 aromatic heterocycles. The molecule has 3 saturated carbocycles. The SMILES string of the molecule is CCCCCC1CCC(C2CCC(C(=O)OC3CCC(CC)CC3)CC2)C(C)C1. The molecule has 3 rings (SSSR count). The third kappa shape index (κ3) is 6.73. The summed E-state index contributed by atoms with van der Waals surface area (Å²) in [7, 11) is 0. The van der Waals surface area contributed by atoms with Gasteiger partial charge in [-0.25, -0.2) is 0 Å². The minimum absolute atomic E-state index is 0.135. The molecule has 2 heteroatoms. The average Bonchev–Trinajstić information content (AvgIpc) is 2.75. The maximum Gasteiger partial charge on any atom is 0.309 e. The summed E-state index contributed by atoms with van der Waals surface area (Å²) < 4.78 is 5.95. The molecule has 3 unspecified atom stereocenters. The van der Waals surface area contributed by atoms with Gasteiger partial charge in [0.1, 0.15) is 6.10 Å². The largest absolute Gasteiger partial charge is 0.462 e. The van der Waals surface area contributed by atoms with Crippen molar-refractivity contribution >= 4 is 5.97 Å². The quantitative estimate of drug-likeness (QED) is 0.303. The number of hydrogen-bond acceptors (Lipinski definition) is 2. The summed E-state index contributed by atoms with van der Waals surface area (Å²) in [5.41, 5.74) is 0. The lowest BCUT2D eigenvalue weighted by molar-refractivity contribution is -0.157. The highest BCUT2D eigenvalue weighted by Gasteiger charge is 2.37. The summed E-state index contributed by atoms with van der Waals surface area (Å²) in [6.07, 6.45) is 20.9. The standard InChI is InChI=1S/C27H48O2/c1-4-6-7-8-22-11-18-26(20(3)19-22)23-12-14-24(15-13-23)27(28)29-25-16-9-21(5-2)10-17-25/h20-26H,4-19H2,1-3H3. The first-order valence-corrected chi connectivity index (χ1v) is 13.3. The fraction of sp³-hybridized carbons (Fsp3) is 0.963. The third-order valence-electron chi connectivity index (χ3n) is 8.92. The van der Waals surface area contributed by atoms with Gasteiger partial charge in [0, 0.05) is 0 Å². The Labute approximate surface area is 180 Å². The second kappa shape index (κ2) is 11.8. The topological polar surface area (TPSA) is 26.3 Å². The Morgan fingerprint density at radius 3 is 2.14 bits per heavy atom. The van der Waals surface area contributed by atoms with Crippen molar-refractivity contribution in [3.63, 3.8) is 0 Å². The normalized spacial score (nSPS) is 38.5. The molecule has 0 radical (unpaired) electrons. The molecule has 3 atom stereocenters. The Morgan fingerprint density at radius 2 is 1.52 bits per heavy atom. The zero-order chi connectivity index (χ0) is 20.6. The van der Waals surface area contributed by atoms with Gasteiger partial charge in [0.15, 0.2) is 0 Å². The van der Waals surface area contributed by atoms with E-state index in [0.29, 0.717) is 0 Å². The predicted molar refractivity (Wildman–Crippen MR) is 122 cm³/mol. The van der Waals surface area contributed by atoms with E-state index in [2.05, 4.69) is 20.8 Å². The molecule has 0 heterocycles. The van der Waals surface area contributed by atoms with Crippen LogP contribution >= 0.6 is 0 Å². The minimum Gasteiger partial charge on any atom is -0.462 e. The van der Waals surface area contributed by atoms with Crippen molar-refractivity contribution in [2.45, 2.75) is 130 Å². The van der Waals surface area contributed by atoms with Gasteiger partial charge < -0.3 is 4.74 Å². The summed E-state index contributed by atoms with van der Waals surface area (Å²) >= 11 is 0. The highest BCUT2D eigenvalue weighted by Crippen LogP contribution is 2.45. The highest BCUT2D eigenvalue weighted by atomic mass is 16.5. The van der Waals surface area contributed by atoms with Crippen LogP contribution in [0.2, 0.25) is 0 Å². The van der Waals surface area contributed by atoms with Gasteiger partial charge in [-0.3, -0.25) is 4.79 Å². The van der Waals surface area contributed by atoms with Gasteiger partial charge >= 0.3 is 5.97 Å². The zero-order valence-corrected chi connectivity index (χ0v) is 19.7. The first-order chi connectivity index (χ1) is 14.1. The smallest absolute Gasteiger partial charge is 0.309 e. The molecule has 0 aromatic rings. The molecule has 168 valence electrons. The second-order valence-electron chi connectivity index (χ2n) is 10.9. The van der Waals surface area contributed by atoms with E-state index in [1.165, 1.54) is 77.0 Å². The Balaban J connectivity index is 1.36. The number of unbranched alkanes of at least 4 members (excludes halogenated alkanes) is 2.